The molecule has 13 heteroatoms. The molecule has 0 spiro atoms. The van der Waals surface area contributed by atoms with E-state index in [9.17, 15) is 31.7 Å². The number of hydrogen-bond acceptors (Lipinski definition) is 7. The number of anilines is 1. The van der Waals surface area contributed by atoms with Crippen molar-refractivity contribution >= 4 is 37.5 Å². The van der Waals surface area contributed by atoms with Crippen molar-refractivity contribution in [3.05, 3.63) is 22.2 Å². The zero-order valence-corrected chi connectivity index (χ0v) is 11.0. The van der Waals surface area contributed by atoms with Gasteiger partial charge in [-0.25, -0.2) is 31.5 Å². The molecule has 11 nitrogen and oxygen atoms in total. The molecule has 1 heterocycles. The number of carbonyl (C=O) groups is 1. The van der Waals surface area contributed by atoms with Gasteiger partial charge in [0.2, 0.25) is 10.0 Å². The number of hydrogen-bond donors (Lipinski definition) is 3. The van der Waals surface area contributed by atoms with Crippen molar-refractivity contribution in [2.75, 3.05) is 5.32 Å². The summed E-state index contributed by atoms with van der Waals surface area (Å²) in [7, 11) is -8.84. The number of urea groups is 1. The van der Waals surface area contributed by atoms with E-state index in [0.717, 1.165) is 0 Å². The number of nitro groups is 1. The van der Waals surface area contributed by atoms with Crippen LogP contribution in [0.15, 0.2) is 21.9 Å². The number of nitrogens with two attached hydrogens (primary N) is 1. The molecule has 1 aliphatic heterocycles. The van der Waals surface area contributed by atoms with E-state index < -0.39 is 52.2 Å². The number of fused-ring (bicyclic) bond motifs is 1. The molecule has 1 aromatic carbocycles. The third-order valence-electron chi connectivity index (χ3n) is 2.33. The van der Waals surface area contributed by atoms with E-state index in [-0.39, 0.29) is 0 Å². The molecule has 0 atom stereocenters. The Morgan fingerprint density at radius 3 is 2.40 bits per heavy atom. The second-order valence-corrected chi connectivity index (χ2v) is 6.86. The standard InChI is InChI=1S/C7H6N4O7S2/c8-19(15,16)6-2-5-3(1-4(6)11(13)14)9-7(12)10-20(5,17)18/h1-2H,(H2,8,15,16)(H2,9,10,12). The number of nitrogens with zero attached hydrogens (tertiary/aromatic N) is 1. The number of nitrogens with one attached hydrogen (secondary N) is 2. The van der Waals surface area contributed by atoms with Gasteiger partial charge >= 0.3 is 6.03 Å². The molecule has 0 saturated carbocycles. The number of sulfonamides is 2. The Kier molecular flexibility index (Phi) is 2.92. The maximum atomic E-state index is 11.7. The fourth-order valence-corrected chi connectivity index (χ4v) is 3.42. The van der Waals surface area contributed by atoms with Crippen LogP contribution in [-0.4, -0.2) is 27.8 Å². The molecular weight excluding hydrogens is 316 g/mol. The maximum absolute atomic E-state index is 11.7. The quantitative estimate of drug-likeness (QED) is 0.464. The largest absolute Gasteiger partial charge is 0.333 e. The Bertz CT molecular complexity index is 842. The van der Waals surface area contributed by atoms with Crippen molar-refractivity contribution in [3.8, 4) is 0 Å². The Morgan fingerprint density at radius 2 is 1.90 bits per heavy atom. The van der Waals surface area contributed by atoms with Crippen LogP contribution in [0.2, 0.25) is 0 Å². The summed E-state index contributed by atoms with van der Waals surface area (Å²) >= 11 is 0. The highest BCUT2D eigenvalue weighted by atomic mass is 32.2. The normalized spacial score (nSPS) is 16.8. The monoisotopic (exact) mass is 322 g/mol. The van der Waals surface area contributed by atoms with Crippen LogP contribution in [0, 0.1) is 10.1 Å². The van der Waals surface area contributed by atoms with Crippen molar-refractivity contribution in [2.24, 2.45) is 5.14 Å². The lowest BCUT2D eigenvalue weighted by Gasteiger charge is -2.18. The molecule has 20 heavy (non-hydrogen) atoms. The maximum Gasteiger partial charge on any atom is 0.333 e. The lowest BCUT2D eigenvalue weighted by atomic mass is 10.3. The number of carbonyl (C=O) groups excluding carboxylic acids is 1. The molecule has 0 radical (unpaired) electrons. The Morgan fingerprint density at radius 1 is 1.30 bits per heavy atom. The molecule has 0 fully saturated rings. The second kappa shape index (κ2) is 4.12. The van der Waals surface area contributed by atoms with E-state index in [2.05, 4.69) is 0 Å². The van der Waals surface area contributed by atoms with Gasteiger partial charge in [-0.05, 0) is 6.07 Å². The molecule has 2 rings (SSSR count). The van der Waals surface area contributed by atoms with E-state index in [1.807, 2.05) is 5.32 Å². The first-order chi connectivity index (χ1) is 9.02. The van der Waals surface area contributed by atoms with Crippen LogP contribution in [0.3, 0.4) is 0 Å². The van der Waals surface area contributed by atoms with Crippen molar-refractivity contribution in [1.82, 2.24) is 4.72 Å². The van der Waals surface area contributed by atoms with E-state index in [1.165, 1.54) is 0 Å². The van der Waals surface area contributed by atoms with E-state index in [0.29, 0.717) is 12.1 Å². The van der Waals surface area contributed by atoms with Crippen LogP contribution in [0.4, 0.5) is 16.2 Å². The highest BCUT2D eigenvalue weighted by Crippen LogP contribution is 2.34. The second-order valence-electron chi connectivity index (χ2n) is 3.68. The van der Waals surface area contributed by atoms with Gasteiger partial charge in [0.25, 0.3) is 15.7 Å². The van der Waals surface area contributed by atoms with Gasteiger partial charge in [0, 0.05) is 6.07 Å². The van der Waals surface area contributed by atoms with Crippen LogP contribution in [0.25, 0.3) is 0 Å². The number of benzene rings is 1. The summed E-state index contributed by atoms with van der Waals surface area (Å²) in [4.78, 5) is 19.2. The summed E-state index contributed by atoms with van der Waals surface area (Å²) in [5.74, 6) is 0. The zero-order chi connectivity index (χ0) is 15.3. The number of nitro benzene ring substituents is 1. The van der Waals surface area contributed by atoms with Crippen molar-refractivity contribution in [2.45, 2.75) is 9.79 Å². The lowest BCUT2D eigenvalue weighted by Crippen LogP contribution is -2.39. The minimum atomic E-state index is -4.52. The average molecular weight is 322 g/mol. The summed E-state index contributed by atoms with van der Waals surface area (Å²) in [5.41, 5.74) is -1.35. The fraction of sp³-hybridized carbons (Fsp3) is 0. The van der Waals surface area contributed by atoms with Crippen molar-refractivity contribution in [1.29, 1.82) is 0 Å². The topological polar surface area (TPSA) is 179 Å². The number of amides is 2. The molecule has 108 valence electrons. The Balaban J connectivity index is 2.88. The van der Waals surface area contributed by atoms with Gasteiger partial charge in [0.05, 0.1) is 10.6 Å². The van der Waals surface area contributed by atoms with E-state index >= 15 is 0 Å². The van der Waals surface area contributed by atoms with Gasteiger partial charge in [0.1, 0.15) is 4.90 Å². The van der Waals surface area contributed by atoms with Gasteiger partial charge in [0.15, 0.2) is 4.90 Å². The Labute approximate surface area is 112 Å². The van der Waals surface area contributed by atoms with Gasteiger partial charge in [-0.15, -0.1) is 0 Å². The van der Waals surface area contributed by atoms with Crippen LogP contribution in [0.5, 0.6) is 0 Å². The summed E-state index contributed by atoms with van der Waals surface area (Å²) in [6.07, 6.45) is 0. The highest BCUT2D eigenvalue weighted by molar-refractivity contribution is 7.90. The van der Waals surface area contributed by atoms with Crippen LogP contribution >= 0.6 is 0 Å². The fourth-order valence-electron chi connectivity index (χ4n) is 1.57. The first-order valence-electron chi connectivity index (χ1n) is 4.71. The summed E-state index contributed by atoms with van der Waals surface area (Å²) < 4.78 is 47.5. The van der Waals surface area contributed by atoms with E-state index in [1.54, 1.807) is 4.72 Å². The molecular formula is C7H6N4O7S2. The summed E-state index contributed by atoms with van der Waals surface area (Å²) in [5, 5.41) is 17.6. The molecule has 4 N–H and O–H groups in total. The number of primary sulfonamides is 1. The first kappa shape index (κ1) is 14.2. The average Bonchev–Trinajstić information content (AvgIpc) is 2.24. The van der Waals surface area contributed by atoms with Gasteiger partial charge < -0.3 is 5.32 Å². The lowest BCUT2D eigenvalue weighted by molar-refractivity contribution is -0.387. The van der Waals surface area contributed by atoms with Crippen LogP contribution in [-0.2, 0) is 20.0 Å². The van der Waals surface area contributed by atoms with Crippen LogP contribution < -0.4 is 15.2 Å². The van der Waals surface area contributed by atoms with Gasteiger partial charge in [-0.1, -0.05) is 0 Å². The Hall–Kier alpha value is -2.25. The minimum Gasteiger partial charge on any atom is -0.306 e. The van der Waals surface area contributed by atoms with E-state index in [4.69, 9.17) is 5.14 Å². The minimum absolute atomic E-state index is 0.409. The third-order valence-corrected chi connectivity index (χ3v) is 4.64. The first-order valence-corrected chi connectivity index (χ1v) is 7.74. The molecule has 0 bridgehead atoms. The summed E-state index contributed by atoms with van der Waals surface area (Å²) in [6, 6.07) is 0.0193. The smallest absolute Gasteiger partial charge is 0.306 e. The van der Waals surface area contributed by atoms with Crippen molar-refractivity contribution < 1.29 is 26.6 Å². The predicted octanol–water partition coefficient (Wildman–Crippen LogP) is -0.934. The molecule has 1 aliphatic rings. The SMILES string of the molecule is NS(=O)(=O)c1cc2c(cc1[N+](=O)[O-])NC(=O)NS2(=O)=O. The van der Waals surface area contributed by atoms with Crippen LogP contribution in [0.1, 0.15) is 0 Å². The van der Waals surface area contributed by atoms with Crippen molar-refractivity contribution in [3.63, 3.8) is 0 Å². The van der Waals surface area contributed by atoms with Gasteiger partial charge in [-0.3, -0.25) is 10.1 Å². The molecule has 1 aromatic rings. The molecule has 0 aliphatic carbocycles. The van der Waals surface area contributed by atoms with Gasteiger partial charge in [-0.2, -0.15) is 0 Å². The molecule has 0 aromatic heterocycles. The summed E-state index contributed by atoms with van der Waals surface area (Å²) in [6.45, 7) is 0. The highest BCUT2D eigenvalue weighted by Gasteiger charge is 2.34. The molecule has 2 amide bonds. The zero-order valence-electron chi connectivity index (χ0n) is 9.35. The number of rotatable bonds is 2. The molecule has 0 saturated heterocycles. The molecule has 0 unspecified atom stereocenters. The third kappa shape index (κ3) is 2.28. The predicted molar refractivity (Wildman–Crippen MR) is 63.8 cm³/mol.